The van der Waals surface area contributed by atoms with Crippen molar-refractivity contribution in [3.05, 3.63) is 0 Å². The normalized spacial score (nSPS) is 16.2. The summed E-state index contributed by atoms with van der Waals surface area (Å²) in [5.74, 6) is -49.3. The molecule has 0 aliphatic carbocycles. The number of rotatable bonds is 10. The summed E-state index contributed by atoms with van der Waals surface area (Å²) in [6.07, 6.45) is -8.10. The van der Waals surface area contributed by atoms with Gasteiger partial charge in [-0.05, 0) is 0 Å². The maximum absolute atomic E-state index is 13.4. The summed E-state index contributed by atoms with van der Waals surface area (Å²) < 4.78 is 220. The van der Waals surface area contributed by atoms with Gasteiger partial charge in [0.05, 0.1) is 0 Å². The Morgan fingerprint density at radius 2 is 0.767 bits per heavy atom. The molecule has 182 valence electrons. The topological polar surface area (TPSA) is 0 Å². The van der Waals surface area contributed by atoms with Crippen LogP contribution >= 0.6 is 0 Å². The van der Waals surface area contributed by atoms with Crippen molar-refractivity contribution in [3.8, 4) is 0 Å². The summed E-state index contributed by atoms with van der Waals surface area (Å²) in [5.41, 5.74) is 0. The van der Waals surface area contributed by atoms with Gasteiger partial charge in [-0.2, -0.15) is 0 Å². The van der Waals surface area contributed by atoms with Gasteiger partial charge in [0.1, 0.15) is 0 Å². The van der Waals surface area contributed by atoms with Crippen LogP contribution in [-0.4, -0.2) is 61.5 Å². The predicted octanol–water partition coefficient (Wildman–Crippen LogP) is 6.88. The van der Waals surface area contributed by atoms with E-state index in [9.17, 15) is 74.6 Å². The van der Waals surface area contributed by atoms with Crippen LogP contribution in [0.5, 0.6) is 0 Å². The average Bonchev–Trinajstić information content (AvgIpc) is 2.52. The summed E-state index contributed by atoms with van der Waals surface area (Å²) in [6.45, 7) is 1.28. The fraction of sp³-hybridized carbons (Fsp3) is 1.00. The fourth-order valence-corrected chi connectivity index (χ4v) is 3.68. The van der Waals surface area contributed by atoms with Gasteiger partial charge >= 0.3 is 161 Å². The van der Waals surface area contributed by atoms with E-state index >= 15 is 0 Å². The molecule has 0 bridgehead atoms. The second kappa shape index (κ2) is 8.03. The first-order valence-corrected chi connectivity index (χ1v) is 9.23. The van der Waals surface area contributed by atoms with Crippen LogP contribution in [0.25, 0.3) is 0 Å². The van der Waals surface area contributed by atoms with Gasteiger partial charge in [0.25, 0.3) is 0 Å². The van der Waals surface area contributed by atoms with E-state index in [0.717, 1.165) is 0 Å². The van der Waals surface area contributed by atoms with Crippen LogP contribution in [0.4, 0.5) is 74.6 Å². The molecule has 0 N–H and O–H groups in total. The molecule has 0 radical (unpaired) electrons. The molecule has 0 fully saturated rings. The molecule has 0 saturated heterocycles. The molecule has 0 aliphatic rings. The number of unbranched alkanes of at least 4 members (excludes halogenated alkanes) is 1. The first-order chi connectivity index (χ1) is 12.8. The van der Waals surface area contributed by atoms with Gasteiger partial charge < -0.3 is 0 Å². The molecule has 0 nitrogen and oxygen atoms in total. The Bertz CT molecular complexity index is 590. The fourth-order valence-electron chi connectivity index (χ4n) is 1.58. The molecule has 0 aliphatic heterocycles. The number of hydrogen-bond donors (Lipinski definition) is 0. The third kappa shape index (κ3) is 4.06. The Balaban J connectivity index is 6.48. The summed E-state index contributed by atoms with van der Waals surface area (Å²) in [5, 5.41) is -1.01. The van der Waals surface area contributed by atoms with Crippen molar-refractivity contribution in [1.82, 2.24) is 0 Å². The third-order valence-electron chi connectivity index (χ3n) is 3.47. The Hall–Kier alpha value is -0.671. The quantitative estimate of drug-likeness (QED) is 0.157. The molecule has 18 heteroatoms. The molecule has 30 heavy (non-hydrogen) atoms. The predicted molar refractivity (Wildman–Crippen MR) is 66.2 cm³/mol. The molecule has 0 heterocycles. The zero-order valence-electron chi connectivity index (χ0n) is 14.0. The summed E-state index contributed by atoms with van der Waals surface area (Å²) in [4.78, 5) is -6.19. The van der Waals surface area contributed by atoms with Crippen LogP contribution in [0.3, 0.4) is 0 Å². The molecule has 0 aromatic carbocycles. The van der Waals surface area contributed by atoms with E-state index < -0.39 is 66.8 Å². The Morgan fingerprint density at radius 1 is 0.467 bits per heavy atom. The van der Waals surface area contributed by atoms with Crippen molar-refractivity contribution >= 4 is 15.0 Å². The van der Waals surface area contributed by atoms with Crippen LogP contribution < -0.4 is 0 Å². The molecule has 0 aromatic rings. The number of halogens is 17. The second-order valence-corrected chi connectivity index (χ2v) is 8.20. The van der Waals surface area contributed by atoms with Gasteiger partial charge in [-0.3, -0.25) is 0 Å². The molecule has 0 saturated carbocycles. The Kier molecular flexibility index (Phi) is 7.85. The first-order valence-electron chi connectivity index (χ1n) is 7.16. The number of hydrogen-bond acceptors (Lipinski definition) is 0. The van der Waals surface area contributed by atoms with Gasteiger partial charge in [-0.15, -0.1) is 0 Å². The van der Waals surface area contributed by atoms with Crippen LogP contribution in [0.15, 0.2) is 0 Å². The van der Waals surface area contributed by atoms with E-state index in [1.807, 2.05) is 0 Å². The molecular weight excluding hydrogens is 546 g/mol. The van der Waals surface area contributed by atoms with Crippen molar-refractivity contribution in [2.24, 2.45) is 0 Å². The third-order valence-corrected chi connectivity index (χ3v) is 5.81. The minimum absolute atomic E-state index is 0.00717. The maximum atomic E-state index is 13.4. The van der Waals surface area contributed by atoms with Crippen LogP contribution in [0.2, 0.25) is 5.32 Å². The zero-order valence-corrected chi connectivity index (χ0v) is 15.7. The van der Waals surface area contributed by atoms with E-state index in [1.165, 1.54) is 6.92 Å². The van der Waals surface area contributed by atoms with E-state index in [1.54, 1.807) is 0 Å². The summed E-state index contributed by atoms with van der Waals surface area (Å²) in [6, 6.07) is 0. The van der Waals surface area contributed by atoms with E-state index in [0.29, 0.717) is 0 Å². The second-order valence-electron chi connectivity index (χ2n) is 5.66. The zero-order chi connectivity index (χ0) is 24.8. The van der Waals surface area contributed by atoms with Crippen LogP contribution in [0, 0.1) is 0 Å². The van der Waals surface area contributed by atoms with Crippen molar-refractivity contribution < 1.29 is 74.6 Å². The van der Waals surface area contributed by atoms with Gasteiger partial charge in [0, 0.05) is 0 Å². The molecule has 0 amide bonds. The summed E-state index contributed by atoms with van der Waals surface area (Å²) in [7, 11) is 0. The van der Waals surface area contributed by atoms with E-state index in [-0.39, 0.29) is 12.8 Å². The van der Waals surface area contributed by atoms with E-state index in [2.05, 4.69) is 0 Å². The Labute approximate surface area is 162 Å². The molecule has 0 spiro atoms. The standard InChI is InChI=1S/C12H9F17Se/c1-2-3-4-30-12(28,29)10(23,24)8(19,20)6(15,16)5(13,14)7(17,18)9(21,22)11(25,26)27/h2-4H2,1H3. The molecule has 0 rings (SSSR count). The van der Waals surface area contributed by atoms with Crippen molar-refractivity contribution in [1.29, 1.82) is 0 Å². The van der Waals surface area contributed by atoms with Gasteiger partial charge in [-0.1, -0.05) is 0 Å². The molecule has 0 aromatic heterocycles. The Morgan fingerprint density at radius 3 is 1.07 bits per heavy atom. The van der Waals surface area contributed by atoms with E-state index in [4.69, 9.17) is 0 Å². The molecule has 0 atom stereocenters. The monoisotopic (exact) mass is 556 g/mol. The van der Waals surface area contributed by atoms with Crippen molar-refractivity contribution in [3.63, 3.8) is 0 Å². The minimum atomic E-state index is -8.56. The average molecular weight is 555 g/mol. The summed E-state index contributed by atoms with van der Waals surface area (Å²) >= 11 is -3.00. The van der Waals surface area contributed by atoms with Crippen LogP contribution in [-0.2, 0) is 0 Å². The SMILES string of the molecule is CCCC[Se]C(F)(F)C(F)(F)C(F)(F)C(F)(F)C(F)(F)C(F)(F)C(F)(F)C(F)(F)F. The molecule has 0 unspecified atom stereocenters. The van der Waals surface area contributed by atoms with Crippen molar-refractivity contribution in [2.45, 2.75) is 71.6 Å². The van der Waals surface area contributed by atoms with Gasteiger partial charge in [-0.25, -0.2) is 0 Å². The van der Waals surface area contributed by atoms with Gasteiger partial charge in [0.15, 0.2) is 0 Å². The first kappa shape index (κ1) is 29.3. The van der Waals surface area contributed by atoms with Crippen molar-refractivity contribution in [2.75, 3.05) is 0 Å². The van der Waals surface area contributed by atoms with Crippen LogP contribution in [0.1, 0.15) is 19.8 Å². The van der Waals surface area contributed by atoms with Gasteiger partial charge in [0.2, 0.25) is 0 Å². The number of alkyl halides is 17. The molecular formula is C12H9F17Se.